The lowest BCUT2D eigenvalue weighted by atomic mass is 9.46. The van der Waals surface area contributed by atoms with Gasteiger partial charge in [0.1, 0.15) is 5.60 Å². The lowest BCUT2D eigenvalue weighted by molar-refractivity contribution is -0.181. The number of aliphatic hydroxyl groups is 2. The van der Waals surface area contributed by atoms with E-state index in [9.17, 15) is 24.6 Å². The van der Waals surface area contributed by atoms with Crippen molar-refractivity contribution in [2.24, 2.45) is 28.6 Å². The number of carbonyl (C=O) groups is 3. The first kappa shape index (κ1) is 33.2. The highest BCUT2D eigenvalue weighted by atomic mass is 35.5. The Morgan fingerprint density at radius 3 is 2.48 bits per heavy atom. The maximum Gasteiger partial charge on any atom is 0.306 e. The monoisotopic (exact) mass is 645 g/mol. The Bertz CT molecular complexity index is 1310. The van der Waals surface area contributed by atoms with E-state index in [0.29, 0.717) is 44.1 Å². The van der Waals surface area contributed by atoms with Crippen LogP contribution in [0, 0.1) is 28.6 Å². The molecule has 3 fully saturated rings. The molecule has 0 saturated heterocycles. The highest BCUT2D eigenvalue weighted by Crippen LogP contribution is 2.67. The van der Waals surface area contributed by atoms with E-state index < -0.39 is 40.9 Å². The van der Waals surface area contributed by atoms with Crippen LogP contribution in [0.3, 0.4) is 0 Å². The van der Waals surface area contributed by atoms with Crippen LogP contribution in [-0.4, -0.2) is 70.9 Å². The van der Waals surface area contributed by atoms with Crippen molar-refractivity contribution in [3.63, 3.8) is 0 Å². The molecule has 240 valence electrons. The molecule has 0 amide bonds. The SMILES string of the molecule is C[C@]12C=CC(=O)C=C1CC[C@@H]1[C@@H]2[C@@H](O)C[C@@]2(C)[C@H]1CC[C@@]2(O)C(=O)COC(=O)CCCc1ccc(N(CCCl)CCCl)cc1. The van der Waals surface area contributed by atoms with Gasteiger partial charge in [-0.1, -0.05) is 37.6 Å². The van der Waals surface area contributed by atoms with Gasteiger partial charge in [0.15, 0.2) is 12.4 Å². The van der Waals surface area contributed by atoms with Gasteiger partial charge in [0, 0.05) is 53.7 Å². The summed E-state index contributed by atoms with van der Waals surface area (Å²) >= 11 is 11.8. The van der Waals surface area contributed by atoms with E-state index in [4.69, 9.17) is 27.9 Å². The molecule has 0 aliphatic heterocycles. The largest absolute Gasteiger partial charge is 0.458 e. The van der Waals surface area contributed by atoms with E-state index in [2.05, 4.69) is 11.8 Å². The van der Waals surface area contributed by atoms with Crippen molar-refractivity contribution in [1.29, 1.82) is 0 Å². The zero-order valence-corrected chi connectivity index (χ0v) is 27.3. The fourth-order valence-electron chi connectivity index (χ4n) is 9.01. The fraction of sp³-hybridized carbons (Fsp3) is 0.629. The Labute approximate surface area is 270 Å². The molecule has 0 spiro atoms. The molecule has 5 rings (SSSR count). The Morgan fingerprint density at radius 2 is 1.80 bits per heavy atom. The predicted molar refractivity (Wildman–Crippen MR) is 172 cm³/mol. The second-order valence-corrected chi connectivity index (χ2v) is 14.3. The van der Waals surface area contributed by atoms with E-state index in [1.165, 1.54) is 0 Å². The fourth-order valence-corrected chi connectivity index (χ4v) is 9.42. The molecular weight excluding hydrogens is 601 g/mol. The number of hydrogen-bond donors (Lipinski definition) is 2. The van der Waals surface area contributed by atoms with Crippen molar-refractivity contribution in [2.45, 2.75) is 76.9 Å². The molecule has 4 aliphatic rings. The van der Waals surface area contributed by atoms with Gasteiger partial charge >= 0.3 is 5.97 Å². The molecule has 7 atom stereocenters. The van der Waals surface area contributed by atoms with Crippen LogP contribution in [0.25, 0.3) is 0 Å². The minimum Gasteiger partial charge on any atom is -0.458 e. The molecule has 3 saturated carbocycles. The molecule has 0 radical (unpaired) electrons. The summed E-state index contributed by atoms with van der Waals surface area (Å²) in [6, 6.07) is 8.12. The lowest BCUT2D eigenvalue weighted by Crippen LogP contribution is -2.61. The van der Waals surface area contributed by atoms with Crippen molar-refractivity contribution < 1.29 is 29.3 Å². The van der Waals surface area contributed by atoms with Crippen LogP contribution in [-0.2, 0) is 25.5 Å². The molecule has 2 N–H and O–H groups in total. The second kappa shape index (κ2) is 13.3. The molecule has 4 aliphatic carbocycles. The van der Waals surface area contributed by atoms with Crippen molar-refractivity contribution >= 4 is 46.4 Å². The summed E-state index contributed by atoms with van der Waals surface area (Å²) in [5.74, 6) is 0.166. The van der Waals surface area contributed by atoms with Crippen molar-refractivity contribution in [1.82, 2.24) is 0 Å². The van der Waals surface area contributed by atoms with Crippen molar-refractivity contribution in [3.8, 4) is 0 Å². The number of benzene rings is 1. The maximum atomic E-state index is 13.5. The lowest BCUT2D eigenvalue weighted by Gasteiger charge is -2.59. The number of Topliss-reactive ketones (excluding diaryl/α,β-unsaturated/α-hetero) is 1. The first-order chi connectivity index (χ1) is 21.0. The number of allylic oxidation sites excluding steroid dienone is 4. The Hall–Kier alpha value is -2.19. The smallest absolute Gasteiger partial charge is 0.306 e. The normalized spacial score (nSPS) is 34.0. The number of fused-ring (bicyclic) bond motifs is 5. The van der Waals surface area contributed by atoms with E-state index in [-0.39, 0.29) is 42.8 Å². The first-order valence-electron chi connectivity index (χ1n) is 16.0. The van der Waals surface area contributed by atoms with Crippen LogP contribution in [0.2, 0.25) is 0 Å². The minimum atomic E-state index is -1.66. The van der Waals surface area contributed by atoms with Gasteiger partial charge in [-0.15, -0.1) is 23.2 Å². The Morgan fingerprint density at radius 1 is 1.09 bits per heavy atom. The Balaban J connectivity index is 1.15. The summed E-state index contributed by atoms with van der Waals surface area (Å²) in [6.45, 7) is 4.99. The van der Waals surface area contributed by atoms with Gasteiger partial charge in [-0.2, -0.15) is 0 Å². The van der Waals surface area contributed by atoms with Gasteiger partial charge in [0.25, 0.3) is 0 Å². The zero-order chi connectivity index (χ0) is 31.7. The van der Waals surface area contributed by atoms with Crippen molar-refractivity contribution in [2.75, 3.05) is 36.4 Å². The van der Waals surface area contributed by atoms with Gasteiger partial charge in [-0.3, -0.25) is 14.4 Å². The van der Waals surface area contributed by atoms with Gasteiger partial charge in [-0.25, -0.2) is 0 Å². The highest BCUT2D eigenvalue weighted by Gasteiger charge is 2.68. The van der Waals surface area contributed by atoms with Crippen LogP contribution in [0.5, 0.6) is 0 Å². The number of ether oxygens (including phenoxy) is 1. The number of halogens is 2. The second-order valence-electron chi connectivity index (χ2n) is 13.6. The summed E-state index contributed by atoms with van der Waals surface area (Å²) in [4.78, 5) is 40.3. The average molecular weight is 647 g/mol. The molecule has 0 aromatic heterocycles. The molecule has 1 aromatic rings. The number of carbonyl (C=O) groups excluding carboxylic acids is 3. The number of esters is 1. The van der Waals surface area contributed by atoms with E-state index >= 15 is 0 Å². The average Bonchev–Trinajstić information content (AvgIpc) is 3.27. The third-order valence-electron chi connectivity index (χ3n) is 11.3. The van der Waals surface area contributed by atoms with Gasteiger partial charge in [0.05, 0.1) is 6.10 Å². The molecular formula is C35H45Cl2NO6. The number of aliphatic hydroxyl groups excluding tert-OH is 1. The number of nitrogens with zero attached hydrogens (tertiary/aromatic N) is 1. The number of hydrogen-bond acceptors (Lipinski definition) is 7. The van der Waals surface area contributed by atoms with E-state index in [1.807, 2.05) is 37.3 Å². The quantitative estimate of drug-likeness (QED) is 0.231. The third-order valence-corrected chi connectivity index (χ3v) is 11.7. The molecule has 44 heavy (non-hydrogen) atoms. The van der Waals surface area contributed by atoms with Gasteiger partial charge in [-0.05, 0) is 86.6 Å². The topological polar surface area (TPSA) is 104 Å². The summed E-state index contributed by atoms with van der Waals surface area (Å²) in [5, 5.41) is 23.4. The summed E-state index contributed by atoms with van der Waals surface area (Å²) in [6.07, 6.45) is 8.81. The van der Waals surface area contributed by atoms with Gasteiger partial charge in [0.2, 0.25) is 5.78 Å². The Kier molecular flexibility index (Phi) is 10.0. The zero-order valence-electron chi connectivity index (χ0n) is 25.8. The van der Waals surface area contributed by atoms with Crippen LogP contribution in [0.1, 0.15) is 64.4 Å². The minimum absolute atomic E-state index is 0.0103. The highest BCUT2D eigenvalue weighted by molar-refractivity contribution is 6.18. The first-order valence-corrected chi connectivity index (χ1v) is 17.0. The molecule has 1 aromatic carbocycles. The van der Waals surface area contributed by atoms with Crippen LogP contribution in [0.15, 0.2) is 48.1 Å². The van der Waals surface area contributed by atoms with E-state index in [0.717, 1.165) is 29.7 Å². The van der Waals surface area contributed by atoms with Crippen LogP contribution >= 0.6 is 23.2 Å². The number of ketones is 2. The molecule has 0 unspecified atom stereocenters. The summed E-state index contributed by atoms with van der Waals surface area (Å²) < 4.78 is 5.39. The van der Waals surface area contributed by atoms with Crippen molar-refractivity contribution in [3.05, 3.63) is 53.6 Å². The maximum absolute atomic E-state index is 13.5. The van der Waals surface area contributed by atoms with Crippen LogP contribution < -0.4 is 4.90 Å². The molecule has 7 nitrogen and oxygen atoms in total. The predicted octanol–water partition coefficient (Wildman–Crippen LogP) is 5.42. The van der Waals surface area contributed by atoms with E-state index in [1.54, 1.807) is 12.2 Å². The molecule has 9 heteroatoms. The number of aryl methyl sites for hydroxylation is 1. The summed E-state index contributed by atoms with van der Waals surface area (Å²) in [5.41, 5.74) is 0.321. The standard InChI is InChI=1S/C35H45Cl2NO6/c1-33-14-12-26(39)20-24(33)8-11-27-28-13-15-35(43,34(28,2)21-29(40)32(27)33)30(41)22-44-31(42)5-3-4-23-6-9-25(10-7-23)38(18-16-36)19-17-37/h6-7,9-10,12,14,20,27-29,32,40,43H,3-5,8,11,13,15-19,21-22H2,1-2H3/t27-,28-,29-,32+,33-,34-,35+/m0/s1. The van der Waals surface area contributed by atoms with Crippen LogP contribution in [0.4, 0.5) is 5.69 Å². The number of alkyl halides is 2. The number of rotatable bonds is 12. The molecule has 0 bridgehead atoms. The molecule has 0 heterocycles. The summed E-state index contributed by atoms with van der Waals surface area (Å²) in [7, 11) is 0. The number of anilines is 1. The third kappa shape index (κ3) is 6.02. The van der Waals surface area contributed by atoms with Gasteiger partial charge < -0.3 is 19.8 Å².